The number of nitrogens with zero attached hydrogens (tertiary/aromatic N) is 1. The molecule has 128 valence electrons. The molecular weight excluding hydrogens is 294 g/mol. The number of hydrogen-bond donors (Lipinski definition) is 1. The van der Waals surface area contributed by atoms with Gasteiger partial charge in [0.2, 0.25) is 0 Å². The molecule has 0 spiro atoms. The van der Waals surface area contributed by atoms with Crippen molar-refractivity contribution in [2.45, 2.75) is 39.3 Å². The van der Waals surface area contributed by atoms with Gasteiger partial charge in [0.1, 0.15) is 11.4 Å². The second-order valence-electron chi connectivity index (χ2n) is 7.15. The summed E-state index contributed by atoms with van der Waals surface area (Å²) in [5.74, 6) is 1.47. The van der Waals surface area contributed by atoms with Gasteiger partial charge in [-0.2, -0.15) is 0 Å². The van der Waals surface area contributed by atoms with Crippen molar-refractivity contribution in [3.8, 4) is 5.75 Å². The number of aliphatic hydroxyl groups is 1. The fraction of sp³-hybridized carbons (Fsp3) is 0.611. The average molecular weight is 321 g/mol. The molecule has 1 saturated carbocycles. The van der Waals surface area contributed by atoms with Crippen LogP contribution in [0.4, 0.5) is 4.79 Å². The largest absolute Gasteiger partial charge is 0.497 e. The molecule has 0 aliphatic heterocycles. The molecule has 0 saturated heterocycles. The molecule has 2 atom stereocenters. The lowest BCUT2D eigenvalue weighted by molar-refractivity contribution is 0.0219. The van der Waals surface area contributed by atoms with Crippen molar-refractivity contribution >= 4 is 6.09 Å². The molecule has 23 heavy (non-hydrogen) atoms. The number of benzene rings is 1. The van der Waals surface area contributed by atoms with E-state index in [0.29, 0.717) is 24.9 Å². The summed E-state index contributed by atoms with van der Waals surface area (Å²) >= 11 is 0. The lowest BCUT2D eigenvalue weighted by Gasteiger charge is -2.27. The maximum absolute atomic E-state index is 12.5. The Labute approximate surface area is 138 Å². The van der Waals surface area contributed by atoms with Gasteiger partial charge in [-0.1, -0.05) is 12.1 Å². The first-order valence-corrected chi connectivity index (χ1v) is 8.04. The maximum atomic E-state index is 12.5. The van der Waals surface area contributed by atoms with Crippen LogP contribution in [0.25, 0.3) is 0 Å². The van der Waals surface area contributed by atoms with Gasteiger partial charge in [0.15, 0.2) is 0 Å². The molecule has 5 heteroatoms. The van der Waals surface area contributed by atoms with Gasteiger partial charge in [0, 0.05) is 19.7 Å². The molecule has 1 aliphatic carbocycles. The van der Waals surface area contributed by atoms with Crippen LogP contribution in [-0.4, -0.2) is 42.0 Å². The smallest absolute Gasteiger partial charge is 0.410 e. The predicted molar refractivity (Wildman–Crippen MR) is 88.3 cm³/mol. The number of carbonyl (C=O) groups excluding carboxylic acids is 1. The summed E-state index contributed by atoms with van der Waals surface area (Å²) in [6, 6.07) is 7.67. The Morgan fingerprint density at radius 2 is 1.91 bits per heavy atom. The first-order chi connectivity index (χ1) is 10.8. The van der Waals surface area contributed by atoms with Crippen molar-refractivity contribution in [1.29, 1.82) is 0 Å². The van der Waals surface area contributed by atoms with Crippen LogP contribution in [0.15, 0.2) is 24.3 Å². The van der Waals surface area contributed by atoms with Crippen LogP contribution in [0.1, 0.15) is 32.8 Å². The third kappa shape index (κ3) is 5.43. The fourth-order valence-corrected chi connectivity index (χ4v) is 2.52. The minimum absolute atomic E-state index is 0.190. The number of hydrogen-bond acceptors (Lipinski definition) is 4. The molecule has 0 bridgehead atoms. The predicted octanol–water partition coefficient (Wildman–Crippen LogP) is 3.06. The van der Waals surface area contributed by atoms with E-state index in [2.05, 4.69) is 0 Å². The van der Waals surface area contributed by atoms with E-state index in [1.807, 2.05) is 45.0 Å². The van der Waals surface area contributed by atoms with Gasteiger partial charge in [0.05, 0.1) is 7.11 Å². The van der Waals surface area contributed by atoms with Gasteiger partial charge in [0.25, 0.3) is 0 Å². The highest BCUT2D eigenvalue weighted by Crippen LogP contribution is 2.38. The monoisotopic (exact) mass is 321 g/mol. The second kappa shape index (κ2) is 7.21. The van der Waals surface area contributed by atoms with Crippen LogP contribution >= 0.6 is 0 Å². The zero-order valence-corrected chi connectivity index (χ0v) is 14.4. The number of rotatable bonds is 6. The Balaban J connectivity index is 2.04. The maximum Gasteiger partial charge on any atom is 0.410 e. The summed E-state index contributed by atoms with van der Waals surface area (Å²) in [6.07, 6.45) is 0.662. The van der Waals surface area contributed by atoms with Crippen molar-refractivity contribution in [2.75, 3.05) is 20.3 Å². The SMILES string of the molecule is COc1ccc(CN(C[C@H]2C[C@@H]2CO)C(=O)OC(C)(C)C)cc1. The summed E-state index contributed by atoms with van der Waals surface area (Å²) in [5.41, 5.74) is 0.507. The topological polar surface area (TPSA) is 59.0 Å². The summed E-state index contributed by atoms with van der Waals surface area (Å²) in [6.45, 7) is 6.90. The second-order valence-corrected chi connectivity index (χ2v) is 7.15. The zero-order chi connectivity index (χ0) is 17.0. The van der Waals surface area contributed by atoms with Crippen LogP contribution in [0.5, 0.6) is 5.75 Å². The Hall–Kier alpha value is -1.75. The van der Waals surface area contributed by atoms with Gasteiger partial charge in [-0.05, 0) is 56.7 Å². The van der Waals surface area contributed by atoms with E-state index in [-0.39, 0.29) is 12.7 Å². The molecule has 1 N–H and O–H groups in total. The lowest BCUT2D eigenvalue weighted by atomic mass is 10.2. The molecule has 0 aromatic heterocycles. The Kier molecular flexibility index (Phi) is 5.52. The van der Waals surface area contributed by atoms with Crippen LogP contribution in [0.3, 0.4) is 0 Å². The van der Waals surface area contributed by atoms with Crippen molar-refractivity contribution < 1.29 is 19.4 Å². The van der Waals surface area contributed by atoms with E-state index in [4.69, 9.17) is 9.47 Å². The van der Waals surface area contributed by atoms with Crippen LogP contribution in [-0.2, 0) is 11.3 Å². The molecule has 0 heterocycles. The molecule has 1 aromatic carbocycles. The molecule has 1 aromatic rings. The first-order valence-electron chi connectivity index (χ1n) is 8.04. The van der Waals surface area contributed by atoms with Crippen molar-refractivity contribution in [1.82, 2.24) is 4.90 Å². The molecule has 1 fully saturated rings. The Morgan fingerprint density at radius 1 is 1.26 bits per heavy atom. The number of ether oxygens (including phenoxy) is 2. The number of amides is 1. The zero-order valence-electron chi connectivity index (χ0n) is 14.4. The molecule has 0 unspecified atom stereocenters. The molecular formula is C18H27NO4. The highest BCUT2D eigenvalue weighted by molar-refractivity contribution is 5.68. The first kappa shape index (κ1) is 17.6. The van der Waals surface area contributed by atoms with Crippen LogP contribution in [0, 0.1) is 11.8 Å². The van der Waals surface area contributed by atoms with E-state index in [9.17, 15) is 9.90 Å². The highest BCUT2D eigenvalue weighted by Gasteiger charge is 2.39. The quantitative estimate of drug-likeness (QED) is 0.875. The number of methoxy groups -OCH3 is 1. The highest BCUT2D eigenvalue weighted by atomic mass is 16.6. The lowest BCUT2D eigenvalue weighted by Crippen LogP contribution is -2.37. The van der Waals surface area contributed by atoms with Crippen LogP contribution in [0.2, 0.25) is 0 Å². The van der Waals surface area contributed by atoms with E-state index in [1.54, 1.807) is 12.0 Å². The fourth-order valence-electron chi connectivity index (χ4n) is 2.52. The Bertz CT molecular complexity index is 521. The average Bonchev–Trinajstić information content (AvgIpc) is 3.24. The summed E-state index contributed by atoms with van der Waals surface area (Å²) in [7, 11) is 1.63. The molecule has 1 amide bonds. The molecule has 0 radical (unpaired) electrons. The standard InChI is InChI=1S/C18H27NO4/c1-18(2,3)23-17(21)19(11-14-9-15(14)12-20)10-13-5-7-16(22-4)8-6-13/h5-8,14-15,20H,9-12H2,1-4H3/t14-,15-/m1/s1. The molecule has 2 rings (SSSR count). The van der Waals surface area contributed by atoms with E-state index in [1.165, 1.54) is 0 Å². The van der Waals surface area contributed by atoms with Gasteiger partial charge < -0.3 is 19.5 Å². The number of carbonyl (C=O) groups is 1. The summed E-state index contributed by atoms with van der Waals surface area (Å²) in [4.78, 5) is 14.2. The van der Waals surface area contributed by atoms with E-state index in [0.717, 1.165) is 17.7 Å². The van der Waals surface area contributed by atoms with Crippen molar-refractivity contribution in [3.05, 3.63) is 29.8 Å². The van der Waals surface area contributed by atoms with Gasteiger partial charge >= 0.3 is 6.09 Å². The van der Waals surface area contributed by atoms with Crippen molar-refractivity contribution in [2.24, 2.45) is 11.8 Å². The minimum Gasteiger partial charge on any atom is -0.497 e. The third-order valence-electron chi connectivity index (χ3n) is 3.94. The van der Waals surface area contributed by atoms with Crippen molar-refractivity contribution in [3.63, 3.8) is 0 Å². The third-order valence-corrected chi connectivity index (χ3v) is 3.94. The summed E-state index contributed by atoms with van der Waals surface area (Å²) in [5, 5.41) is 9.21. The number of aliphatic hydroxyl groups excluding tert-OH is 1. The Morgan fingerprint density at radius 3 is 2.39 bits per heavy atom. The normalized spacial score (nSPS) is 20.0. The minimum atomic E-state index is -0.519. The molecule has 5 nitrogen and oxygen atoms in total. The van der Waals surface area contributed by atoms with Gasteiger partial charge in [-0.15, -0.1) is 0 Å². The van der Waals surface area contributed by atoms with E-state index < -0.39 is 5.60 Å². The van der Waals surface area contributed by atoms with Gasteiger partial charge in [-0.3, -0.25) is 0 Å². The van der Waals surface area contributed by atoms with Gasteiger partial charge in [-0.25, -0.2) is 4.79 Å². The molecule has 1 aliphatic rings. The van der Waals surface area contributed by atoms with E-state index >= 15 is 0 Å². The van der Waals surface area contributed by atoms with Crippen LogP contribution < -0.4 is 4.74 Å². The summed E-state index contributed by atoms with van der Waals surface area (Å²) < 4.78 is 10.7.